The maximum atomic E-state index is 11.8. The Morgan fingerprint density at radius 1 is 1.32 bits per heavy atom. The van der Waals surface area contributed by atoms with Crippen molar-refractivity contribution >= 4 is 11.7 Å². The minimum atomic E-state index is -0.249. The molecule has 0 unspecified atom stereocenters. The Morgan fingerprint density at radius 3 is 2.68 bits per heavy atom. The number of rotatable bonds is 2. The number of carbonyl (C=O) groups is 1. The lowest BCUT2D eigenvalue weighted by Gasteiger charge is -2.33. The van der Waals surface area contributed by atoms with Crippen molar-refractivity contribution < 1.29 is 9.53 Å². The van der Waals surface area contributed by atoms with Gasteiger partial charge in [-0.05, 0) is 38.1 Å². The van der Waals surface area contributed by atoms with Crippen molar-refractivity contribution in [2.75, 3.05) is 32.1 Å². The maximum Gasteiger partial charge on any atom is 0.338 e. The summed E-state index contributed by atoms with van der Waals surface area (Å²) in [5.41, 5.74) is 2.79. The number of esters is 1. The van der Waals surface area contributed by atoms with Gasteiger partial charge in [-0.15, -0.1) is 0 Å². The van der Waals surface area contributed by atoms with Gasteiger partial charge in [0.15, 0.2) is 0 Å². The Morgan fingerprint density at radius 2 is 2.11 bits per heavy atom. The summed E-state index contributed by atoms with van der Waals surface area (Å²) >= 11 is 0. The summed E-state index contributed by atoms with van der Waals surface area (Å²) in [5.74, 6) is -0.249. The van der Waals surface area contributed by atoms with Crippen molar-refractivity contribution in [3.8, 4) is 0 Å². The van der Waals surface area contributed by atoms with Crippen LogP contribution in [0.2, 0.25) is 0 Å². The van der Waals surface area contributed by atoms with Gasteiger partial charge < -0.3 is 9.64 Å². The van der Waals surface area contributed by atoms with Crippen LogP contribution in [0.3, 0.4) is 0 Å². The van der Waals surface area contributed by atoms with E-state index in [-0.39, 0.29) is 5.97 Å². The topological polar surface area (TPSA) is 32.8 Å². The molecule has 2 aliphatic heterocycles. The van der Waals surface area contributed by atoms with E-state index in [1.54, 1.807) is 0 Å². The maximum absolute atomic E-state index is 11.8. The van der Waals surface area contributed by atoms with Gasteiger partial charge in [-0.3, -0.25) is 4.90 Å². The van der Waals surface area contributed by atoms with E-state index in [0.29, 0.717) is 17.6 Å². The molecule has 2 bridgehead atoms. The zero-order valence-electron chi connectivity index (χ0n) is 11.7. The molecule has 102 valence electrons. The summed E-state index contributed by atoms with van der Waals surface area (Å²) in [4.78, 5) is 16.6. The van der Waals surface area contributed by atoms with Crippen LogP contribution in [0.15, 0.2) is 18.2 Å². The zero-order valence-corrected chi connectivity index (χ0v) is 11.7. The second-order valence-electron chi connectivity index (χ2n) is 5.63. The first-order valence-electron chi connectivity index (χ1n) is 6.76. The van der Waals surface area contributed by atoms with Crippen LogP contribution in [0.4, 0.5) is 5.69 Å². The summed E-state index contributed by atoms with van der Waals surface area (Å²) in [6.07, 6.45) is 1.23. The van der Waals surface area contributed by atoms with Gasteiger partial charge in [-0.1, -0.05) is 6.07 Å². The average Bonchev–Trinajstić information content (AvgIpc) is 2.97. The van der Waals surface area contributed by atoms with E-state index >= 15 is 0 Å². The highest BCUT2D eigenvalue weighted by Gasteiger charge is 2.41. The molecule has 19 heavy (non-hydrogen) atoms. The predicted octanol–water partition coefficient (Wildman–Crippen LogP) is 1.67. The number of benzene rings is 1. The Bertz CT molecular complexity index is 513. The molecule has 0 spiro atoms. The molecule has 2 atom stereocenters. The molecule has 0 aliphatic carbocycles. The minimum absolute atomic E-state index is 0.249. The first kappa shape index (κ1) is 12.5. The summed E-state index contributed by atoms with van der Waals surface area (Å²) in [6, 6.07) is 7.35. The Balaban J connectivity index is 1.89. The highest BCUT2D eigenvalue weighted by atomic mass is 16.5. The lowest BCUT2D eigenvalue weighted by atomic mass is 10.1. The van der Waals surface area contributed by atoms with Gasteiger partial charge in [-0.25, -0.2) is 4.79 Å². The van der Waals surface area contributed by atoms with E-state index in [2.05, 4.69) is 22.9 Å². The molecule has 0 saturated carbocycles. The Labute approximate surface area is 113 Å². The normalized spacial score (nSPS) is 25.9. The average molecular weight is 260 g/mol. The molecule has 1 aromatic rings. The SMILES string of the molecule is COC(=O)c1cc(N2C[C@@H]3C[C@H]2CN3C)ccc1C. The molecule has 4 heteroatoms. The Hall–Kier alpha value is -1.55. The van der Waals surface area contributed by atoms with Crippen LogP contribution in [0.1, 0.15) is 22.3 Å². The highest BCUT2D eigenvalue weighted by molar-refractivity contribution is 5.92. The van der Waals surface area contributed by atoms with Gasteiger partial charge in [0.1, 0.15) is 0 Å². The van der Waals surface area contributed by atoms with Crippen LogP contribution >= 0.6 is 0 Å². The third-order valence-corrected chi connectivity index (χ3v) is 4.47. The van der Waals surface area contributed by atoms with E-state index in [9.17, 15) is 4.79 Å². The largest absolute Gasteiger partial charge is 0.465 e. The van der Waals surface area contributed by atoms with Gasteiger partial charge in [-0.2, -0.15) is 0 Å². The second kappa shape index (κ2) is 4.53. The third-order valence-electron chi connectivity index (χ3n) is 4.47. The predicted molar refractivity (Wildman–Crippen MR) is 74.7 cm³/mol. The van der Waals surface area contributed by atoms with Gasteiger partial charge in [0.2, 0.25) is 0 Å². The molecule has 2 aliphatic rings. The molecule has 0 N–H and O–H groups in total. The number of piperazine rings is 1. The molecule has 4 nitrogen and oxygen atoms in total. The number of ether oxygens (including phenoxy) is 1. The van der Waals surface area contributed by atoms with E-state index in [1.165, 1.54) is 13.5 Å². The fraction of sp³-hybridized carbons (Fsp3) is 0.533. The molecular formula is C15H20N2O2. The number of likely N-dealkylation sites (tertiary alicyclic amines) is 1. The number of likely N-dealkylation sites (N-methyl/N-ethyl adjacent to an activating group) is 1. The summed E-state index contributed by atoms with van der Waals surface area (Å²) in [6.45, 7) is 4.12. The smallest absolute Gasteiger partial charge is 0.338 e. The molecule has 0 amide bonds. The van der Waals surface area contributed by atoms with Gasteiger partial charge >= 0.3 is 5.97 Å². The van der Waals surface area contributed by atoms with Crippen molar-refractivity contribution in [2.24, 2.45) is 0 Å². The van der Waals surface area contributed by atoms with Crippen molar-refractivity contribution in [2.45, 2.75) is 25.4 Å². The number of anilines is 1. The molecule has 1 aromatic carbocycles. The van der Waals surface area contributed by atoms with Gasteiger partial charge in [0.05, 0.1) is 12.7 Å². The number of methoxy groups -OCH3 is 1. The standard InChI is InChI=1S/C15H20N2O2/c1-10-4-5-11(7-14(10)15(18)19-3)17-9-12-6-13(17)8-16(12)2/h4-5,7,12-13H,6,8-9H2,1-3H3/t12-,13-/m0/s1. The zero-order chi connectivity index (χ0) is 13.6. The van der Waals surface area contributed by atoms with Crippen LogP contribution in [0, 0.1) is 6.92 Å². The molecule has 0 aromatic heterocycles. The van der Waals surface area contributed by atoms with E-state index in [4.69, 9.17) is 4.74 Å². The number of aryl methyl sites for hydroxylation is 1. The number of hydrogen-bond donors (Lipinski definition) is 0. The van der Waals surface area contributed by atoms with Gasteiger partial charge in [0, 0.05) is 30.9 Å². The first-order chi connectivity index (χ1) is 9.10. The van der Waals surface area contributed by atoms with Crippen LogP contribution in [-0.4, -0.2) is 50.2 Å². The number of nitrogens with zero attached hydrogens (tertiary/aromatic N) is 2. The highest BCUT2D eigenvalue weighted by Crippen LogP contribution is 2.34. The molecule has 3 rings (SSSR count). The van der Waals surface area contributed by atoms with Crippen LogP contribution in [0.5, 0.6) is 0 Å². The van der Waals surface area contributed by atoms with E-state index in [0.717, 1.165) is 24.3 Å². The number of hydrogen-bond acceptors (Lipinski definition) is 4. The van der Waals surface area contributed by atoms with Crippen molar-refractivity contribution in [1.29, 1.82) is 0 Å². The van der Waals surface area contributed by atoms with Crippen molar-refractivity contribution in [3.63, 3.8) is 0 Å². The minimum Gasteiger partial charge on any atom is -0.465 e. The van der Waals surface area contributed by atoms with Crippen LogP contribution in [0.25, 0.3) is 0 Å². The third kappa shape index (κ3) is 2.00. The second-order valence-corrected chi connectivity index (χ2v) is 5.63. The lowest BCUT2D eigenvalue weighted by Crippen LogP contribution is -2.44. The van der Waals surface area contributed by atoms with Crippen LogP contribution in [-0.2, 0) is 4.74 Å². The quantitative estimate of drug-likeness (QED) is 0.757. The summed E-state index contributed by atoms with van der Waals surface area (Å²) in [5, 5.41) is 0. The monoisotopic (exact) mass is 260 g/mol. The molecule has 2 saturated heterocycles. The fourth-order valence-electron chi connectivity index (χ4n) is 3.30. The molecule has 2 fully saturated rings. The van der Waals surface area contributed by atoms with Crippen molar-refractivity contribution in [1.82, 2.24) is 4.90 Å². The molecule has 0 radical (unpaired) electrons. The van der Waals surface area contributed by atoms with Crippen molar-refractivity contribution in [3.05, 3.63) is 29.3 Å². The van der Waals surface area contributed by atoms with Gasteiger partial charge in [0.25, 0.3) is 0 Å². The fourth-order valence-corrected chi connectivity index (χ4v) is 3.30. The summed E-state index contributed by atoms with van der Waals surface area (Å²) < 4.78 is 4.85. The Kier molecular flexibility index (Phi) is 2.97. The van der Waals surface area contributed by atoms with Crippen LogP contribution < -0.4 is 4.90 Å². The molecular weight excluding hydrogens is 240 g/mol. The lowest BCUT2D eigenvalue weighted by molar-refractivity contribution is 0.0600. The molecule has 2 heterocycles. The van der Waals surface area contributed by atoms with E-state index < -0.39 is 0 Å². The first-order valence-corrected chi connectivity index (χ1v) is 6.76. The number of fused-ring (bicyclic) bond motifs is 2. The summed E-state index contributed by atoms with van der Waals surface area (Å²) in [7, 11) is 3.62. The van der Waals surface area contributed by atoms with E-state index in [1.807, 2.05) is 19.1 Å². The number of carbonyl (C=O) groups excluding carboxylic acids is 1.